The van der Waals surface area contributed by atoms with Crippen molar-refractivity contribution in [3.8, 4) is 0 Å². The molecule has 92 valence electrons. The van der Waals surface area contributed by atoms with E-state index in [1.165, 1.54) is 0 Å². The Bertz CT molecular complexity index is 285. The first-order valence-electron chi connectivity index (χ1n) is 5.67. The summed E-state index contributed by atoms with van der Waals surface area (Å²) in [5, 5.41) is -0.404. The minimum Gasteiger partial charge on any atom is -0.466 e. The first-order valence-corrected chi connectivity index (χ1v) is 9.76. The molecular weight excluding hydrogens is 244 g/mol. The van der Waals surface area contributed by atoms with Crippen molar-refractivity contribution in [2.45, 2.75) is 38.5 Å². The number of hydrogen-bond acceptors (Lipinski definition) is 3. The third-order valence-corrected chi connectivity index (χ3v) is 4.95. The second-order valence-electron chi connectivity index (χ2n) is 5.57. The first-order chi connectivity index (χ1) is 7.31. The summed E-state index contributed by atoms with van der Waals surface area (Å²) < 4.78 is 5.19. The van der Waals surface area contributed by atoms with E-state index < -0.39 is 13.3 Å². The van der Waals surface area contributed by atoms with Crippen LogP contribution in [0.5, 0.6) is 0 Å². The van der Waals surface area contributed by atoms with E-state index in [1.807, 2.05) is 0 Å². The van der Waals surface area contributed by atoms with Crippen LogP contribution in [0.1, 0.15) is 12.8 Å². The van der Waals surface area contributed by atoms with Crippen molar-refractivity contribution in [1.82, 2.24) is 0 Å². The van der Waals surface area contributed by atoms with Gasteiger partial charge in [-0.2, -0.15) is 0 Å². The molecule has 1 aliphatic carbocycles. The average Bonchev–Trinajstić information content (AvgIpc) is 1.97. The third kappa shape index (κ3) is 3.90. The minimum atomic E-state index is -1.16. The Morgan fingerprint density at radius 3 is 2.19 bits per heavy atom. The molecule has 1 fully saturated rings. The van der Waals surface area contributed by atoms with Crippen molar-refractivity contribution in [1.29, 1.82) is 0 Å². The predicted octanol–water partition coefficient (Wildman–Crippen LogP) is 2.66. The molecule has 0 aromatic heterocycles. The summed E-state index contributed by atoms with van der Waals surface area (Å²) >= 11 is 5.39. The van der Waals surface area contributed by atoms with E-state index in [0.717, 1.165) is 18.9 Å². The molecule has 5 heteroatoms. The lowest BCUT2D eigenvalue weighted by Crippen LogP contribution is -2.38. The molecule has 0 bridgehead atoms. The molecule has 0 spiro atoms. The fourth-order valence-electron chi connectivity index (χ4n) is 1.62. The van der Waals surface area contributed by atoms with Crippen LogP contribution in [-0.4, -0.2) is 25.9 Å². The number of ether oxygens (including phenoxy) is 1. The molecule has 3 nitrogen and oxygen atoms in total. The lowest BCUT2D eigenvalue weighted by Gasteiger charge is -2.31. The number of esters is 1. The summed E-state index contributed by atoms with van der Waals surface area (Å²) in [4.78, 5) is 22.5. The van der Waals surface area contributed by atoms with Gasteiger partial charge in [-0.05, 0) is 30.5 Å². The van der Waals surface area contributed by atoms with Crippen LogP contribution >= 0.6 is 11.6 Å². The Hall–Kier alpha value is -0.353. The second kappa shape index (κ2) is 5.32. The van der Waals surface area contributed by atoms with Crippen LogP contribution in [0.2, 0.25) is 25.7 Å². The smallest absolute Gasteiger partial charge is 0.309 e. The van der Waals surface area contributed by atoms with Crippen LogP contribution in [0.4, 0.5) is 0 Å². The zero-order valence-electron chi connectivity index (χ0n) is 10.1. The van der Waals surface area contributed by atoms with Crippen molar-refractivity contribution in [2.24, 2.45) is 11.8 Å². The molecule has 0 amide bonds. The van der Waals surface area contributed by atoms with Gasteiger partial charge in [0.15, 0.2) is 0 Å². The van der Waals surface area contributed by atoms with Crippen LogP contribution < -0.4 is 0 Å². The molecule has 0 heterocycles. The molecule has 0 aromatic carbocycles. The Morgan fingerprint density at radius 1 is 1.25 bits per heavy atom. The van der Waals surface area contributed by atoms with Crippen molar-refractivity contribution in [3.05, 3.63) is 0 Å². The van der Waals surface area contributed by atoms with Gasteiger partial charge in [-0.25, -0.2) is 0 Å². The van der Waals surface area contributed by atoms with Gasteiger partial charge in [0.05, 0.1) is 12.5 Å². The molecule has 0 radical (unpaired) electrons. The monoisotopic (exact) mass is 262 g/mol. The molecule has 0 aliphatic heterocycles. The number of rotatable bonds is 5. The van der Waals surface area contributed by atoms with Crippen molar-refractivity contribution < 1.29 is 14.3 Å². The fourth-order valence-corrected chi connectivity index (χ4v) is 2.59. The maximum atomic E-state index is 11.6. The Kier molecular flexibility index (Phi) is 4.56. The maximum Gasteiger partial charge on any atom is 0.309 e. The molecule has 0 saturated heterocycles. The van der Waals surface area contributed by atoms with E-state index in [2.05, 4.69) is 19.6 Å². The largest absolute Gasteiger partial charge is 0.466 e. The normalized spacial score (nSPS) is 24.8. The molecule has 1 saturated carbocycles. The van der Waals surface area contributed by atoms with Gasteiger partial charge in [0, 0.05) is 14.0 Å². The SMILES string of the molecule is C[Si](C)(C)CCOC(=O)[C@@H]1CC[C@H]1C(=O)Cl. The quantitative estimate of drug-likeness (QED) is 0.435. The highest BCUT2D eigenvalue weighted by atomic mass is 35.5. The van der Waals surface area contributed by atoms with Crippen molar-refractivity contribution in [2.75, 3.05) is 6.61 Å². The first kappa shape index (κ1) is 13.7. The third-order valence-electron chi connectivity index (χ3n) is 2.97. The van der Waals surface area contributed by atoms with E-state index in [0.29, 0.717) is 6.61 Å². The van der Waals surface area contributed by atoms with Gasteiger partial charge in [0.25, 0.3) is 0 Å². The maximum absolute atomic E-state index is 11.6. The predicted molar refractivity (Wildman–Crippen MR) is 66.2 cm³/mol. The highest BCUT2D eigenvalue weighted by Crippen LogP contribution is 2.36. The van der Waals surface area contributed by atoms with E-state index in [4.69, 9.17) is 16.3 Å². The topological polar surface area (TPSA) is 43.4 Å². The van der Waals surface area contributed by atoms with Gasteiger partial charge >= 0.3 is 5.97 Å². The van der Waals surface area contributed by atoms with Gasteiger partial charge in [-0.3, -0.25) is 9.59 Å². The highest BCUT2D eigenvalue weighted by molar-refractivity contribution is 6.76. The molecule has 1 aliphatic rings. The zero-order chi connectivity index (χ0) is 12.3. The minimum absolute atomic E-state index is 0.247. The van der Waals surface area contributed by atoms with Crippen molar-refractivity contribution in [3.63, 3.8) is 0 Å². The summed E-state index contributed by atoms with van der Waals surface area (Å²) in [5.74, 6) is -0.837. The van der Waals surface area contributed by atoms with E-state index in [-0.39, 0.29) is 17.8 Å². The summed E-state index contributed by atoms with van der Waals surface area (Å²) in [6.45, 7) is 7.17. The van der Waals surface area contributed by atoms with Gasteiger partial charge in [0.1, 0.15) is 0 Å². The van der Waals surface area contributed by atoms with E-state index in [1.54, 1.807) is 0 Å². The lowest BCUT2D eigenvalue weighted by molar-refractivity contribution is -0.156. The van der Waals surface area contributed by atoms with E-state index >= 15 is 0 Å². The molecule has 16 heavy (non-hydrogen) atoms. The lowest BCUT2D eigenvalue weighted by atomic mass is 9.74. The standard InChI is InChI=1S/C11H19ClO3Si/c1-16(2,3)7-6-15-11(14)9-5-4-8(9)10(12)13/h8-9H,4-7H2,1-3H3/t8-,9-/m1/s1. The van der Waals surface area contributed by atoms with Crippen LogP contribution in [0.3, 0.4) is 0 Å². The van der Waals surface area contributed by atoms with Crippen LogP contribution in [0.15, 0.2) is 0 Å². The Balaban J connectivity index is 2.28. The number of carbonyl (C=O) groups excluding carboxylic acids is 2. The Labute approximate surface area is 103 Å². The summed E-state index contributed by atoms with van der Waals surface area (Å²) in [5.41, 5.74) is 0. The van der Waals surface area contributed by atoms with Gasteiger partial charge < -0.3 is 4.74 Å². The number of hydrogen-bond donors (Lipinski definition) is 0. The van der Waals surface area contributed by atoms with Gasteiger partial charge in [0.2, 0.25) is 5.24 Å². The fraction of sp³-hybridized carbons (Fsp3) is 0.818. The van der Waals surface area contributed by atoms with Crippen LogP contribution in [0, 0.1) is 11.8 Å². The zero-order valence-corrected chi connectivity index (χ0v) is 11.8. The molecule has 0 N–H and O–H groups in total. The molecular formula is C11H19ClO3Si. The number of halogens is 1. The molecule has 1 rings (SSSR count). The summed E-state index contributed by atoms with van der Waals surface area (Å²) in [6, 6.07) is 0.963. The molecule has 2 atom stereocenters. The summed E-state index contributed by atoms with van der Waals surface area (Å²) in [7, 11) is -1.16. The van der Waals surface area contributed by atoms with Gasteiger partial charge in [-0.1, -0.05) is 19.6 Å². The average molecular weight is 263 g/mol. The Morgan fingerprint density at radius 2 is 1.81 bits per heavy atom. The van der Waals surface area contributed by atoms with Gasteiger partial charge in [-0.15, -0.1) is 0 Å². The van der Waals surface area contributed by atoms with Crippen LogP contribution in [-0.2, 0) is 14.3 Å². The summed E-state index contributed by atoms with van der Waals surface area (Å²) in [6.07, 6.45) is 1.45. The second-order valence-corrected chi connectivity index (χ2v) is 11.6. The van der Waals surface area contributed by atoms with Crippen molar-refractivity contribution >= 4 is 30.9 Å². The molecule has 0 aromatic rings. The number of carbonyl (C=O) groups is 2. The highest BCUT2D eigenvalue weighted by Gasteiger charge is 2.41. The molecule has 0 unspecified atom stereocenters. The van der Waals surface area contributed by atoms with Crippen LogP contribution in [0.25, 0.3) is 0 Å². The van der Waals surface area contributed by atoms with E-state index in [9.17, 15) is 9.59 Å².